The molecule has 1 aromatic rings. The summed E-state index contributed by atoms with van der Waals surface area (Å²) < 4.78 is 0. The number of carbonyl (C=O) groups is 4. The minimum atomic E-state index is -1.35. The van der Waals surface area contributed by atoms with Gasteiger partial charge in [0.1, 0.15) is 18.6 Å². The highest BCUT2D eigenvalue weighted by atomic mass is 16.4. The van der Waals surface area contributed by atoms with Crippen molar-refractivity contribution in [3.05, 3.63) is 35.9 Å². The van der Waals surface area contributed by atoms with Crippen molar-refractivity contribution >= 4 is 23.7 Å². The Balaban J connectivity index is 2.80. The Morgan fingerprint density at radius 3 is 2.19 bits per heavy atom. The second-order valence-electron chi connectivity index (χ2n) is 5.37. The van der Waals surface area contributed by atoms with E-state index in [2.05, 4.69) is 16.0 Å². The van der Waals surface area contributed by atoms with Crippen molar-refractivity contribution in [2.24, 2.45) is 5.73 Å². The number of benzene rings is 1. The standard InChI is InChI=1S/C16H22N4O6/c17-7-13(22)19-11(6-10-4-2-1-3-5-10)16(26)20-12(9-21)15(25)18-8-14(23)24/h1-5,11-12,21H,6-9,17H2,(H,18,25)(H,19,22)(H,20,26)(H,23,24). The van der Waals surface area contributed by atoms with E-state index in [-0.39, 0.29) is 13.0 Å². The lowest BCUT2D eigenvalue weighted by Gasteiger charge is -2.22. The van der Waals surface area contributed by atoms with Crippen LogP contribution in [0.25, 0.3) is 0 Å². The Hall–Kier alpha value is -2.98. The molecule has 10 nitrogen and oxygen atoms in total. The van der Waals surface area contributed by atoms with Crippen LogP contribution in [0, 0.1) is 0 Å². The van der Waals surface area contributed by atoms with Gasteiger partial charge in [0.25, 0.3) is 0 Å². The molecule has 3 amide bonds. The molecule has 0 aliphatic carbocycles. The summed E-state index contributed by atoms with van der Waals surface area (Å²) in [5.74, 6) is -3.39. The fourth-order valence-electron chi connectivity index (χ4n) is 2.06. The van der Waals surface area contributed by atoms with Crippen LogP contribution in [0.4, 0.5) is 0 Å². The zero-order valence-corrected chi connectivity index (χ0v) is 14.0. The summed E-state index contributed by atoms with van der Waals surface area (Å²) in [5, 5.41) is 24.6. The van der Waals surface area contributed by atoms with Crippen molar-refractivity contribution in [2.75, 3.05) is 19.7 Å². The highest BCUT2D eigenvalue weighted by Gasteiger charge is 2.26. The molecule has 0 aromatic heterocycles. The van der Waals surface area contributed by atoms with Gasteiger partial charge in [0, 0.05) is 6.42 Å². The Kier molecular flexibility index (Phi) is 8.75. The zero-order valence-electron chi connectivity index (χ0n) is 14.0. The molecule has 10 heteroatoms. The fraction of sp³-hybridized carbons (Fsp3) is 0.375. The van der Waals surface area contributed by atoms with Gasteiger partial charge in [0.2, 0.25) is 17.7 Å². The van der Waals surface area contributed by atoms with E-state index in [1.807, 2.05) is 0 Å². The Labute approximate surface area is 149 Å². The summed E-state index contributed by atoms with van der Waals surface area (Å²) in [5.41, 5.74) is 6.02. The van der Waals surface area contributed by atoms with E-state index in [0.717, 1.165) is 5.56 Å². The molecule has 0 radical (unpaired) electrons. The number of hydrogen-bond donors (Lipinski definition) is 6. The molecule has 2 atom stereocenters. The molecule has 142 valence electrons. The maximum absolute atomic E-state index is 12.4. The highest BCUT2D eigenvalue weighted by molar-refractivity contribution is 5.93. The summed E-state index contributed by atoms with van der Waals surface area (Å²) in [6.45, 7) is -1.70. The molecule has 7 N–H and O–H groups in total. The van der Waals surface area contributed by atoms with Gasteiger partial charge in [-0.3, -0.25) is 19.2 Å². The molecular formula is C16H22N4O6. The summed E-state index contributed by atoms with van der Waals surface area (Å²) >= 11 is 0. The first-order valence-electron chi connectivity index (χ1n) is 7.81. The molecular weight excluding hydrogens is 344 g/mol. The van der Waals surface area contributed by atoms with E-state index in [0.29, 0.717) is 0 Å². The average molecular weight is 366 g/mol. The maximum Gasteiger partial charge on any atom is 0.322 e. The first-order valence-corrected chi connectivity index (χ1v) is 7.81. The highest BCUT2D eigenvalue weighted by Crippen LogP contribution is 2.04. The second kappa shape index (κ2) is 10.8. The van der Waals surface area contributed by atoms with Crippen LogP contribution >= 0.6 is 0 Å². The van der Waals surface area contributed by atoms with Gasteiger partial charge in [-0.25, -0.2) is 0 Å². The first-order chi connectivity index (χ1) is 12.4. The first kappa shape index (κ1) is 21.1. The van der Waals surface area contributed by atoms with Crippen LogP contribution in [-0.2, 0) is 25.6 Å². The minimum absolute atomic E-state index is 0.146. The van der Waals surface area contributed by atoms with E-state index in [4.69, 9.17) is 10.8 Å². The number of rotatable bonds is 10. The van der Waals surface area contributed by atoms with Crippen molar-refractivity contribution in [1.29, 1.82) is 0 Å². The molecule has 0 bridgehead atoms. The molecule has 26 heavy (non-hydrogen) atoms. The minimum Gasteiger partial charge on any atom is -0.480 e. The molecule has 0 saturated carbocycles. The van der Waals surface area contributed by atoms with E-state index < -0.39 is 48.9 Å². The van der Waals surface area contributed by atoms with Gasteiger partial charge in [-0.15, -0.1) is 0 Å². The Bertz CT molecular complexity index is 637. The van der Waals surface area contributed by atoms with Crippen LogP contribution in [0.15, 0.2) is 30.3 Å². The van der Waals surface area contributed by atoms with Gasteiger partial charge in [-0.1, -0.05) is 30.3 Å². The number of carboxylic acid groups (broad SMARTS) is 1. The van der Waals surface area contributed by atoms with Crippen molar-refractivity contribution in [1.82, 2.24) is 16.0 Å². The molecule has 0 aliphatic heterocycles. The SMILES string of the molecule is NCC(=O)NC(Cc1ccccc1)C(=O)NC(CO)C(=O)NCC(=O)O. The Morgan fingerprint density at radius 1 is 1.00 bits per heavy atom. The van der Waals surface area contributed by atoms with Crippen molar-refractivity contribution in [2.45, 2.75) is 18.5 Å². The van der Waals surface area contributed by atoms with Crippen LogP contribution in [0.3, 0.4) is 0 Å². The third-order valence-corrected chi connectivity index (χ3v) is 3.35. The average Bonchev–Trinajstić information content (AvgIpc) is 2.63. The zero-order chi connectivity index (χ0) is 19.5. The molecule has 1 aromatic carbocycles. The van der Waals surface area contributed by atoms with Crippen LogP contribution in [0.1, 0.15) is 5.56 Å². The number of aliphatic hydroxyl groups is 1. The third-order valence-electron chi connectivity index (χ3n) is 3.35. The van der Waals surface area contributed by atoms with Crippen LogP contribution in [-0.4, -0.2) is 65.7 Å². The van der Waals surface area contributed by atoms with Gasteiger partial charge in [-0.05, 0) is 5.56 Å². The predicted octanol–water partition coefficient (Wildman–Crippen LogP) is -2.65. The molecule has 0 fully saturated rings. The van der Waals surface area contributed by atoms with Gasteiger partial charge in [0.05, 0.1) is 13.2 Å². The predicted molar refractivity (Wildman–Crippen MR) is 90.8 cm³/mol. The quantitative estimate of drug-likeness (QED) is 0.262. The van der Waals surface area contributed by atoms with Crippen molar-refractivity contribution in [3.8, 4) is 0 Å². The van der Waals surface area contributed by atoms with Crippen LogP contribution in [0.2, 0.25) is 0 Å². The van der Waals surface area contributed by atoms with E-state index >= 15 is 0 Å². The van der Waals surface area contributed by atoms with Crippen molar-refractivity contribution < 1.29 is 29.4 Å². The number of carboxylic acids is 1. The number of nitrogens with two attached hydrogens (primary N) is 1. The lowest BCUT2D eigenvalue weighted by molar-refractivity contribution is -0.138. The molecule has 0 heterocycles. The number of nitrogens with one attached hydrogen (secondary N) is 3. The summed E-state index contributed by atoms with van der Waals surface area (Å²) in [7, 11) is 0. The normalized spacial score (nSPS) is 12.5. The fourth-order valence-corrected chi connectivity index (χ4v) is 2.06. The smallest absolute Gasteiger partial charge is 0.322 e. The molecule has 0 aliphatic rings. The number of aliphatic carboxylic acids is 1. The third kappa shape index (κ3) is 7.28. The topological polar surface area (TPSA) is 171 Å². The van der Waals surface area contributed by atoms with Gasteiger partial charge in [-0.2, -0.15) is 0 Å². The number of amides is 3. The summed E-state index contributed by atoms with van der Waals surface area (Å²) in [4.78, 5) is 46.3. The van der Waals surface area contributed by atoms with Crippen LogP contribution in [0.5, 0.6) is 0 Å². The van der Waals surface area contributed by atoms with Gasteiger partial charge in [0.15, 0.2) is 0 Å². The molecule has 1 rings (SSSR count). The summed E-state index contributed by atoms with van der Waals surface area (Å²) in [6, 6.07) is 6.49. The molecule has 2 unspecified atom stereocenters. The van der Waals surface area contributed by atoms with Crippen LogP contribution < -0.4 is 21.7 Å². The van der Waals surface area contributed by atoms with Gasteiger partial charge < -0.3 is 31.9 Å². The van der Waals surface area contributed by atoms with Gasteiger partial charge >= 0.3 is 5.97 Å². The summed E-state index contributed by atoms with van der Waals surface area (Å²) in [6.07, 6.45) is 0.146. The largest absolute Gasteiger partial charge is 0.480 e. The number of aliphatic hydroxyl groups excluding tert-OH is 1. The molecule has 0 saturated heterocycles. The van der Waals surface area contributed by atoms with E-state index in [1.54, 1.807) is 30.3 Å². The lowest BCUT2D eigenvalue weighted by atomic mass is 10.0. The van der Waals surface area contributed by atoms with Crippen molar-refractivity contribution in [3.63, 3.8) is 0 Å². The van der Waals surface area contributed by atoms with E-state index in [1.165, 1.54) is 0 Å². The maximum atomic E-state index is 12.4. The lowest BCUT2D eigenvalue weighted by Crippen LogP contribution is -2.56. The number of hydrogen-bond acceptors (Lipinski definition) is 6. The molecule has 0 spiro atoms. The number of carbonyl (C=O) groups excluding carboxylic acids is 3. The van der Waals surface area contributed by atoms with E-state index in [9.17, 15) is 24.3 Å². The Morgan fingerprint density at radius 2 is 1.65 bits per heavy atom. The monoisotopic (exact) mass is 366 g/mol. The second-order valence-corrected chi connectivity index (χ2v) is 5.37.